The van der Waals surface area contributed by atoms with Crippen molar-refractivity contribution in [2.24, 2.45) is 11.7 Å². The molecule has 1 aliphatic carbocycles. The lowest BCUT2D eigenvalue weighted by Gasteiger charge is -2.25. The predicted octanol–water partition coefficient (Wildman–Crippen LogP) is 0.000300. The number of carbonyl (C=O) groups excluding carboxylic acids is 4. The van der Waals surface area contributed by atoms with Crippen molar-refractivity contribution >= 4 is 23.5 Å². The Morgan fingerprint density at radius 1 is 1.08 bits per heavy atom. The molecule has 0 radical (unpaired) electrons. The van der Waals surface area contributed by atoms with Crippen LogP contribution in [0.1, 0.15) is 58.3 Å². The molecule has 26 heavy (non-hydrogen) atoms. The molecule has 1 saturated carbocycles. The quantitative estimate of drug-likeness (QED) is 0.381. The molecule has 1 rings (SSSR count). The van der Waals surface area contributed by atoms with Gasteiger partial charge in [-0.15, -0.1) is 0 Å². The van der Waals surface area contributed by atoms with Gasteiger partial charge in [0.1, 0.15) is 6.04 Å². The molecule has 5 N–H and O–H groups in total. The van der Waals surface area contributed by atoms with E-state index in [0.717, 1.165) is 32.1 Å². The van der Waals surface area contributed by atoms with Crippen LogP contribution in [0.5, 0.6) is 0 Å². The van der Waals surface area contributed by atoms with Crippen molar-refractivity contribution in [2.45, 2.75) is 70.4 Å². The summed E-state index contributed by atoms with van der Waals surface area (Å²) in [6.45, 7) is 1.56. The van der Waals surface area contributed by atoms with Gasteiger partial charge in [0.05, 0.1) is 12.6 Å². The zero-order valence-electron chi connectivity index (χ0n) is 15.8. The van der Waals surface area contributed by atoms with E-state index in [0.29, 0.717) is 18.8 Å². The average Bonchev–Trinajstić information content (AvgIpc) is 2.63. The minimum absolute atomic E-state index is 0.360. The first-order chi connectivity index (χ1) is 12.4. The Hall–Kier alpha value is -1.96. The van der Waals surface area contributed by atoms with Crippen LogP contribution in [0.3, 0.4) is 0 Å². The van der Waals surface area contributed by atoms with Crippen LogP contribution >= 0.6 is 0 Å². The minimum Gasteiger partial charge on any atom is -0.368 e. The molecule has 1 fully saturated rings. The molecule has 0 saturated heterocycles. The molecule has 0 aliphatic heterocycles. The molecule has 148 valence electrons. The smallest absolute Gasteiger partial charge is 0.289 e. The summed E-state index contributed by atoms with van der Waals surface area (Å²) in [5, 5.41) is 7.67. The topological polar surface area (TPSA) is 130 Å². The molecule has 0 heterocycles. The lowest BCUT2D eigenvalue weighted by molar-refractivity contribution is -0.139. The number of nitrogens with two attached hydrogens (primary N) is 1. The van der Waals surface area contributed by atoms with E-state index in [1.165, 1.54) is 6.42 Å². The zero-order chi connectivity index (χ0) is 19.5. The number of rotatable bonds is 11. The van der Waals surface area contributed by atoms with Gasteiger partial charge in [-0.3, -0.25) is 19.2 Å². The number of nitrogens with one attached hydrogen (secondary N) is 3. The first-order valence-electron chi connectivity index (χ1n) is 9.47. The summed E-state index contributed by atoms with van der Waals surface area (Å²) < 4.78 is 0. The van der Waals surface area contributed by atoms with E-state index in [9.17, 15) is 19.2 Å². The maximum atomic E-state index is 12.0. The molecular formula is C18H32N4O4. The van der Waals surface area contributed by atoms with Crippen molar-refractivity contribution in [1.82, 2.24) is 16.0 Å². The molecule has 0 aromatic carbocycles. The molecule has 0 aromatic rings. The van der Waals surface area contributed by atoms with Crippen LogP contribution in [0, 0.1) is 5.92 Å². The van der Waals surface area contributed by atoms with Gasteiger partial charge >= 0.3 is 0 Å². The molecule has 8 heteroatoms. The highest BCUT2D eigenvalue weighted by molar-refractivity contribution is 6.38. The van der Waals surface area contributed by atoms with E-state index < -0.39 is 35.6 Å². The number of likely N-dealkylation sites (N-methyl/N-ethyl adjacent to an activating group) is 1. The monoisotopic (exact) mass is 368 g/mol. The lowest BCUT2D eigenvalue weighted by Crippen LogP contribution is -2.50. The second kappa shape index (κ2) is 11.6. The van der Waals surface area contributed by atoms with Gasteiger partial charge in [0.25, 0.3) is 5.91 Å². The Morgan fingerprint density at radius 3 is 2.27 bits per heavy atom. The van der Waals surface area contributed by atoms with E-state index in [1.807, 2.05) is 6.92 Å². The summed E-state index contributed by atoms with van der Waals surface area (Å²) in [6, 6.07) is -1.31. The van der Waals surface area contributed by atoms with E-state index >= 15 is 0 Å². The number of carbonyl (C=O) groups is 4. The Balaban J connectivity index is 2.45. The third-order valence-corrected chi connectivity index (χ3v) is 4.85. The molecule has 0 bridgehead atoms. The summed E-state index contributed by atoms with van der Waals surface area (Å²) in [5.41, 5.74) is 5.39. The fourth-order valence-corrected chi connectivity index (χ4v) is 3.35. The summed E-state index contributed by atoms with van der Waals surface area (Å²) in [6.07, 6.45) is 7.36. The van der Waals surface area contributed by atoms with Crippen LogP contribution in [0.4, 0.5) is 0 Å². The van der Waals surface area contributed by atoms with Crippen LogP contribution in [-0.2, 0) is 19.2 Å². The average molecular weight is 368 g/mol. The van der Waals surface area contributed by atoms with Crippen molar-refractivity contribution < 1.29 is 19.2 Å². The van der Waals surface area contributed by atoms with Crippen molar-refractivity contribution in [2.75, 3.05) is 13.6 Å². The third kappa shape index (κ3) is 7.51. The van der Waals surface area contributed by atoms with Crippen LogP contribution < -0.4 is 21.7 Å². The van der Waals surface area contributed by atoms with Gasteiger partial charge in [-0.05, 0) is 25.8 Å². The van der Waals surface area contributed by atoms with Crippen LogP contribution in [0.25, 0.3) is 0 Å². The highest BCUT2D eigenvalue weighted by atomic mass is 16.2. The number of amides is 3. The van der Waals surface area contributed by atoms with Gasteiger partial charge in [0, 0.05) is 0 Å². The number of hydrogen-bond acceptors (Lipinski definition) is 5. The second-order valence-corrected chi connectivity index (χ2v) is 6.94. The maximum absolute atomic E-state index is 12.0. The van der Waals surface area contributed by atoms with Crippen molar-refractivity contribution in [3.63, 3.8) is 0 Å². The molecule has 0 aromatic heterocycles. The SMILES string of the molecule is CCCC(NC)C(=O)C(=O)NCC(=O)NC(CC1CCCCC1)C(N)=O. The van der Waals surface area contributed by atoms with E-state index in [4.69, 9.17) is 5.73 Å². The predicted molar refractivity (Wildman–Crippen MR) is 98.1 cm³/mol. The Kier molecular flexibility index (Phi) is 9.87. The summed E-state index contributed by atoms with van der Waals surface area (Å²) >= 11 is 0. The highest BCUT2D eigenvalue weighted by Crippen LogP contribution is 2.27. The molecular weight excluding hydrogens is 336 g/mol. The lowest BCUT2D eigenvalue weighted by atomic mass is 9.84. The first-order valence-corrected chi connectivity index (χ1v) is 9.47. The van der Waals surface area contributed by atoms with E-state index in [1.54, 1.807) is 7.05 Å². The van der Waals surface area contributed by atoms with Gasteiger partial charge < -0.3 is 21.7 Å². The van der Waals surface area contributed by atoms with Gasteiger partial charge in [-0.25, -0.2) is 0 Å². The fraction of sp³-hybridized carbons (Fsp3) is 0.778. The Bertz CT molecular complexity index is 503. The van der Waals surface area contributed by atoms with Crippen LogP contribution in [-0.4, -0.2) is 49.2 Å². The summed E-state index contributed by atoms with van der Waals surface area (Å²) in [7, 11) is 1.61. The largest absolute Gasteiger partial charge is 0.368 e. The molecule has 2 atom stereocenters. The fourth-order valence-electron chi connectivity index (χ4n) is 3.35. The second-order valence-electron chi connectivity index (χ2n) is 6.94. The number of primary amides is 1. The van der Waals surface area contributed by atoms with Gasteiger partial charge in [0.15, 0.2) is 0 Å². The van der Waals surface area contributed by atoms with Gasteiger partial charge in [-0.1, -0.05) is 45.4 Å². The van der Waals surface area contributed by atoms with Gasteiger partial charge in [0.2, 0.25) is 17.6 Å². The summed E-state index contributed by atoms with van der Waals surface area (Å²) in [4.78, 5) is 47.5. The van der Waals surface area contributed by atoms with Crippen LogP contribution in [0.15, 0.2) is 0 Å². The third-order valence-electron chi connectivity index (χ3n) is 4.85. The minimum atomic E-state index is -0.809. The molecule has 8 nitrogen and oxygen atoms in total. The van der Waals surface area contributed by atoms with Crippen LogP contribution in [0.2, 0.25) is 0 Å². The van der Waals surface area contributed by atoms with Crippen molar-refractivity contribution in [1.29, 1.82) is 0 Å². The maximum Gasteiger partial charge on any atom is 0.289 e. The number of hydrogen-bond donors (Lipinski definition) is 4. The molecule has 1 aliphatic rings. The first kappa shape index (κ1) is 22.1. The normalized spacial score (nSPS) is 17.2. The standard InChI is InChI=1S/C18H32N4O4/c1-3-7-13(20-2)16(24)18(26)21-11-15(23)22-14(17(19)25)10-12-8-5-4-6-9-12/h12-14,20H,3-11H2,1-2H3,(H2,19,25)(H,21,26)(H,22,23). The zero-order valence-corrected chi connectivity index (χ0v) is 15.8. The number of Topliss-reactive ketones (excluding diaryl/α,β-unsaturated/α-hetero) is 1. The summed E-state index contributed by atoms with van der Waals surface area (Å²) in [5.74, 6) is -2.14. The highest BCUT2D eigenvalue weighted by Gasteiger charge is 2.26. The Labute approximate surface area is 155 Å². The Morgan fingerprint density at radius 2 is 1.73 bits per heavy atom. The van der Waals surface area contributed by atoms with E-state index in [-0.39, 0.29) is 6.54 Å². The van der Waals surface area contributed by atoms with Crippen molar-refractivity contribution in [3.05, 3.63) is 0 Å². The number of ketones is 1. The molecule has 3 amide bonds. The van der Waals surface area contributed by atoms with E-state index in [2.05, 4.69) is 16.0 Å². The molecule has 0 spiro atoms. The van der Waals surface area contributed by atoms with Gasteiger partial charge in [-0.2, -0.15) is 0 Å². The molecule has 2 unspecified atom stereocenters. The van der Waals surface area contributed by atoms with Crippen molar-refractivity contribution in [3.8, 4) is 0 Å².